The second-order valence-electron chi connectivity index (χ2n) is 4.84. The Hall–Kier alpha value is -0.520. The molecule has 2 rings (SSSR count). The second kappa shape index (κ2) is 6.77. The third kappa shape index (κ3) is 3.52. The normalized spacial score (nSPS) is 20.7. The van der Waals surface area contributed by atoms with Crippen LogP contribution >= 0.6 is 15.9 Å². The molecule has 2 nitrogen and oxygen atoms in total. The van der Waals surface area contributed by atoms with E-state index in [0.29, 0.717) is 17.7 Å². The first kappa shape index (κ1) is 14.9. The van der Waals surface area contributed by atoms with Gasteiger partial charge in [-0.05, 0) is 31.5 Å². The molecule has 1 saturated heterocycles. The fraction of sp³-hybridized carbons (Fsp3) is 0.571. The molecule has 0 aliphatic carbocycles. The van der Waals surface area contributed by atoms with E-state index in [4.69, 9.17) is 4.74 Å². The van der Waals surface area contributed by atoms with Gasteiger partial charge in [0.2, 0.25) is 0 Å². The summed E-state index contributed by atoms with van der Waals surface area (Å²) < 4.78 is 34.0. The highest BCUT2D eigenvalue weighted by Crippen LogP contribution is 2.33. The number of nitrogens with one attached hydrogen (secondary N) is 1. The molecular weight excluding hydrogens is 316 g/mol. The fourth-order valence-electron chi connectivity index (χ4n) is 2.47. The molecule has 1 aliphatic heterocycles. The molecule has 0 aromatic heterocycles. The van der Waals surface area contributed by atoms with Gasteiger partial charge in [0.25, 0.3) is 0 Å². The zero-order valence-electron chi connectivity index (χ0n) is 10.9. The maximum absolute atomic E-state index is 14.1. The summed E-state index contributed by atoms with van der Waals surface area (Å²) in [6.07, 6.45) is 1.75. The predicted molar refractivity (Wildman–Crippen MR) is 74.0 cm³/mol. The van der Waals surface area contributed by atoms with Crippen molar-refractivity contribution in [2.45, 2.75) is 25.8 Å². The van der Waals surface area contributed by atoms with E-state index < -0.39 is 11.6 Å². The molecule has 1 N–H and O–H groups in total. The lowest BCUT2D eigenvalue weighted by atomic mass is 9.91. The van der Waals surface area contributed by atoms with E-state index in [9.17, 15) is 8.78 Å². The molecule has 0 spiro atoms. The molecular formula is C14H18BrF2NO. The molecule has 1 aromatic rings. The number of hydrogen-bond acceptors (Lipinski definition) is 2. The van der Waals surface area contributed by atoms with Gasteiger partial charge in [0.1, 0.15) is 11.6 Å². The highest BCUT2D eigenvalue weighted by atomic mass is 79.9. The first-order chi connectivity index (χ1) is 9.13. The summed E-state index contributed by atoms with van der Waals surface area (Å²) in [5.41, 5.74) is 0.132. The maximum Gasteiger partial charge on any atom is 0.132 e. The maximum atomic E-state index is 14.1. The third-order valence-corrected chi connectivity index (χ3v) is 3.86. The molecule has 1 heterocycles. The van der Waals surface area contributed by atoms with Gasteiger partial charge in [-0.2, -0.15) is 0 Å². The quantitative estimate of drug-likeness (QED) is 0.884. The molecule has 1 fully saturated rings. The van der Waals surface area contributed by atoms with Gasteiger partial charge in [-0.3, -0.25) is 0 Å². The van der Waals surface area contributed by atoms with Crippen molar-refractivity contribution in [1.29, 1.82) is 0 Å². The molecule has 0 radical (unpaired) electrons. The summed E-state index contributed by atoms with van der Waals surface area (Å²) >= 11 is 3.11. The van der Waals surface area contributed by atoms with Crippen LogP contribution in [0.5, 0.6) is 0 Å². The Labute approximate surface area is 120 Å². The predicted octanol–water partition coefficient (Wildman–Crippen LogP) is 3.80. The van der Waals surface area contributed by atoms with Crippen molar-refractivity contribution in [1.82, 2.24) is 5.32 Å². The summed E-state index contributed by atoms with van der Waals surface area (Å²) in [5, 5.41) is 3.25. The minimum atomic E-state index is -0.507. The van der Waals surface area contributed by atoms with Gasteiger partial charge in [0, 0.05) is 28.6 Å². The van der Waals surface area contributed by atoms with Crippen molar-refractivity contribution in [3.63, 3.8) is 0 Å². The van der Waals surface area contributed by atoms with E-state index in [2.05, 4.69) is 21.2 Å². The van der Waals surface area contributed by atoms with Crippen LogP contribution in [0.3, 0.4) is 0 Å². The van der Waals surface area contributed by atoms with Crippen molar-refractivity contribution >= 4 is 15.9 Å². The van der Waals surface area contributed by atoms with Crippen LogP contribution in [-0.4, -0.2) is 19.8 Å². The average Bonchev–Trinajstić information content (AvgIpc) is 2.85. The number of benzene rings is 1. The molecule has 1 aromatic carbocycles. The minimum Gasteiger partial charge on any atom is -0.381 e. The zero-order chi connectivity index (χ0) is 13.8. The number of ether oxygens (including phenoxy) is 1. The lowest BCUT2D eigenvalue weighted by Crippen LogP contribution is -2.31. The van der Waals surface area contributed by atoms with Crippen molar-refractivity contribution in [2.75, 3.05) is 19.8 Å². The van der Waals surface area contributed by atoms with Crippen molar-refractivity contribution in [3.05, 3.63) is 33.8 Å². The highest BCUT2D eigenvalue weighted by Gasteiger charge is 2.30. The van der Waals surface area contributed by atoms with E-state index in [0.717, 1.165) is 19.4 Å². The van der Waals surface area contributed by atoms with E-state index in [1.54, 1.807) is 0 Å². The van der Waals surface area contributed by atoms with Crippen LogP contribution in [0.25, 0.3) is 0 Å². The lowest BCUT2D eigenvalue weighted by molar-refractivity contribution is 0.175. The monoisotopic (exact) mass is 333 g/mol. The van der Waals surface area contributed by atoms with Crippen LogP contribution < -0.4 is 5.32 Å². The summed E-state index contributed by atoms with van der Waals surface area (Å²) in [4.78, 5) is 0. The Bertz CT molecular complexity index is 412. The molecule has 1 aliphatic rings. The molecule has 0 saturated carbocycles. The molecule has 19 heavy (non-hydrogen) atoms. The molecule has 0 amide bonds. The van der Waals surface area contributed by atoms with E-state index in [1.807, 2.05) is 6.92 Å². The minimum absolute atomic E-state index is 0.122. The molecule has 106 valence electrons. The Kier molecular flexibility index (Phi) is 5.30. The van der Waals surface area contributed by atoms with Gasteiger partial charge < -0.3 is 10.1 Å². The van der Waals surface area contributed by atoms with Crippen LogP contribution in [0.1, 0.15) is 31.4 Å². The number of rotatable bonds is 5. The Morgan fingerprint density at radius 2 is 2.11 bits per heavy atom. The molecule has 2 unspecified atom stereocenters. The molecule has 5 heteroatoms. The van der Waals surface area contributed by atoms with Crippen LogP contribution in [0.2, 0.25) is 0 Å². The van der Waals surface area contributed by atoms with E-state index in [1.165, 1.54) is 12.1 Å². The van der Waals surface area contributed by atoms with Crippen LogP contribution in [0.15, 0.2) is 16.6 Å². The first-order valence-electron chi connectivity index (χ1n) is 6.59. The fourth-order valence-corrected chi connectivity index (χ4v) is 2.87. The zero-order valence-corrected chi connectivity index (χ0v) is 12.5. The summed E-state index contributed by atoms with van der Waals surface area (Å²) in [7, 11) is 0. The molecule has 2 atom stereocenters. The lowest BCUT2D eigenvalue weighted by Gasteiger charge is -2.25. The number of halogens is 3. The summed E-state index contributed by atoms with van der Waals surface area (Å²) in [5.74, 6) is -0.892. The average molecular weight is 334 g/mol. The SMILES string of the molecule is CCCNC(c1c(F)cc(Br)cc1F)C1CCOC1. The topological polar surface area (TPSA) is 21.3 Å². The summed E-state index contributed by atoms with van der Waals surface area (Å²) in [6, 6.07) is 2.31. The van der Waals surface area contributed by atoms with Gasteiger partial charge in [0.05, 0.1) is 6.61 Å². The van der Waals surface area contributed by atoms with Gasteiger partial charge in [-0.25, -0.2) is 8.78 Å². The molecule has 0 bridgehead atoms. The highest BCUT2D eigenvalue weighted by molar-refractivity contribution is 9.10. The Morgan fingerprint density at radius 3 is 2.63 bits per heavy atom. The largest absolute Gasteiger partial charge is 0.381 e. The smallest absolute Gasteiger partial charge is 0.132 e. The van der Waals surface area contributed by atoms with E-state index in [-0.39, 0.29) is 17.5 Å². The van der Waals surface area contributed by atoms with Crippen molar-refractivity contribution < 1.29 is 13.5 Å². The van der Waals surface area contributed by atoms with Gasteiger partial charge in [-0.15, -0.1) is 0 Å². The third-order valence-electron chi connectivity index (χ3n) is 3.41. The first-order valence-corrected chi connectivity index (χ1v) is 7.38. The van der Waals surface area contributed by atoms with Crippen LogP contribution in [-0.2, 0) is 4.74 Å². The standard InChI is InChI=1S/C14H18BrF2NO/c1-2-4-18-14(9-3-5-19-8-9)13-11(16)6-10(15)7-12(13)17/h6-7,9,14,18H,2-5,8H2,1H3. The van der Waals surface area contributed by atoms with Crippen LogP contribution in [0.4, 0.5) is 8.78 Å². The van der Waals surface area contributed by atoms with Gasteiger partial charge in [-0.1, -0.05) is 22.9 Å². The van der Waals surface area contributed by atoms with E-state index >= 15 is 0 Å². The number of hydrogen-bond donors (Lipinski definition) is 1. The van der Waals surface area contributed by atoms with Crippen LogP contribution in [0, 0.1) is 17.6 Å². The Morgan fingerprint density at radius 1 is 1.42 bits per heavy atom. The van der Waals surface area contributed by atoms with Gasteiger partial charge >= 0.3 is 0 Å². The summed E-state index contributed by atoms with van der Waals surface area (Å²) in [6.45, 7) is 3.98. The second-order valence-corrected chi connectivity index (χ2v) is 5.75. The van der Waals surface area contributed by atoms with Crippen molar-refractivity contribution in [2.24, 2.45) is 5.92 Å². The van der Waals surface area contributed by atoms with Gasteiger partial charge in [0.15, 0.2) is 0 Å². The van der Waals surface area contributed by atoms with Crippen molar-refractivity contribution in [3.8, 4) is 0 Å². The Balaban J connectivity index is 2.31.